The smallest absolute Gasteiger partial charge is 0.294 e. The molecule has 0 radical (unpaired) electrons. The normalized spacial score (nSPS) is 11.2. The molecule has 0 saturated heterocycles. The van der Waals surface area contributed by atoms with E-state index in [2.05, 4.69) is 10.5 Å². The van der Waals surface area contributed by atoms with Crippen molar-refractivity contribution >= 4 is 21.6 Å². The van der Waals surface area contributed by atoms with E-state index < -0.39 is 15.9 Å². The van der Waals surface area contributed by atoms with Gasteiger partial charge < -0.3 is 14.6 Å². The second kappa shape index (κ2) is 6.98. The van der Waals surface area contributed by atoms with E-state index in [0.717, 1.165) is 5.56 Å². The number of methoxy groups -OCH3 is 1. The minimum Gasteiger partial charge on any atom is -0.497 e. The van der Waals surface area contributed by atoms with E-state index in [-0.39, 0.29) is 16.3 Å². The summed E-state index contributed by atoms with van der Waals surface area (Å²) in [6.45, 7) is 0. The Balaban J connectivity index is 1.78. The standard InChI is InChI=1S/C17H15N3O5S/c1-24-13-7-5-11(6-8-13)15-10-16(25-20-15)17(21)19-12-3-2-4-14(9-12)26(18,22)23/h2-10H,1H3,(H,19,21)(H2,18,22,23). The Morgan fingerprint density at radius 3 is 2.54 bits per heavy atom. The number of aromatic nitrogens is 1. The van der Waals surface area contributed by atoms with Crippen molar-refractivity contribution in [2.45, 2.75) is 4.90 Å². The van der Waals surface area contributed by atoms with Crippen molar-refractivity contribution < 1.29 is 22.5 Å². The molecule has 3 N–H and O–H groups in total. The van der Waals surface area contributed by atoms with Crippen molar-refractivity contribution in [3.63, 3.8) is 0 Å². The fraction of sp³-hybridized carbons (Fsp3) is 0.0588. The molecule has 26 heavy (non-hydrogen) atoms. The molecule has 0 aliphatic heterocycles. The molecule has 9 heteroatoms. The summed E-state index contributed by atoms with van der Waals surface area (Å²) in [4.78, 5) is 12.2. The number of carbonyl (C=O) groups is 1. The van der Waals surface area contributed by atoms with Crippen LogP contribution in [0.1, 0.15) is 10.6 Å². The highest BCUT2D eigenvalue weighted by Gasteiger charge is 2.15. The maximum absolute atomic E-state index is 12.3. The van der Waals surface area contributed by atoms with Gasteiger partial charge in [0.1, 0.15) is 11.4 Å². The number of rotatable bonds is 5. The first kappa shape index (κ1) is 17.6. The van der Waals surface area contributed by atoms with Crippen LogP contribution in [0.15, 0.2) is 64.0 Å². The summed E-state index contributed by atoms with van der Waals surface area (Å²) in [6, 6.07) is 14.2. The molecule has 134 valence electrons. The quantitative estimate of drug-likeness (QED) is 0.707. The average Bonchev–Trinajstić information content (AvgIpc) is 3.11. The molecule has 8 nitrogen and oxygen atoms in total. The van der Waals surface area contributed by atoms with Gasteiger partial charge in [-0.25, -0.2) is 13.6 Å². The first-order chi connectivity index (χ1) is 12.4. The lowest BCUT2D eigenvalue weighted by Crippen LogP contribution is -2.14. The lowest BCUT2D eigenvalue weighted by Gasteiger charge is -2.04. The Morgan fingerprint density at radius 1 is 1.15 bits per heavy atom. The Morgan fingerprint density at radius 2 is 1.88 bits per heavy atom. The topological polar surface area (TPSA) is 125 Å². The van der Waals surface area contributed by atoms with Crippen LogP contribution >= 0.6 is 0 Å². The van der Waals surface area contributed by atoms with Crippen LogP contribution in [-0.4, -0.2) is 26.6 Å². The molecule has 1 aromatic heterocycles. The van der Waals surface area contributed by atoms with E-state index in [0.29, 0.717) is 11.4 Å². The zero-order valence-electron chi connectivity index (χ0n) is 13.7. The fourth-order valence-electron chi connectivity index (χ4n) is 2.22. The van der Waals surface area contributed by atoms with Gasteiger partial charge in [0.15, 0.2) is 0 Å². The van der Waals surface area contributed by atoms with Gasteiger partial charge in [0.2, 0.25) is 15.8 Å². The fourth-order valence-corrected chi connectivity index (χ4v) is 2.78. The molecule has 0 aliphatic rings. The van der Waals surface area contributed by atoms with Crippen molar-refractivity contribution in [2.75, 3.05) is 12.4 Å². The molecule has 1 amide bonds. The molecule has 0 saturated carbocycles. The summed E-state index contributed by atoms with van der Waals surface area (Å²) in [5.74, 6) is 0.116. The van der Waals surface area contributed by atoms with Crippen LogP contribution in [0, 0.1) is 0 Å². The Hall–Kier alpha value is -3.17. The van der Waals surface area contributed by atoms with Crippen LogP contribution in [0.3, 0.4) is 0 Å². The molecule has 0 spiro atoms. The van der Waals surface area contributed by atoms with Crippen LogP contribution in [0.2, 0.25) is 0 Å². The van der Waals surface area contributed by atoms with E-state index in [4.69, 9.17) is 14.4 Å². The Kier molecular flexibility index (Phi) is 4.74. The Labute approximate surface area is 149 Å². The predicted octanol–water partition coefficient (Wildman–Crippen LogP) is 2.25. The second-order valence-electron chi connectivity index (χ2n) is 5.33. The van der Waals surface area contributed by atoms with Crippen LogP contribution in [-0.2, 0) is 10.0 Å². The molecule has 3 rings (SSSR count). The van der Waals surface area contributed by atoms with Gasteiger partial charge in [-0.05, 0) is 42.5 Å². The first-order valence-corrected chi connectivity index (χ1v) is 8.97. The number of nitrogens with zero attached hydrogens (tertiary/aromatic N) is 1. The third-order valence-corrected chi connectivity index (χ3v) is 4.45. The number of nitrogens with one attached hydrogen (secondary N) is 1. The van der Waals surface area contributed by atoms with Gasteiger partial charge >= 0.3 is 0 Å². The number of nitrogens with two attached hydrogens (primary N) is 1. The van der Waals surface area contributed by atoms with Gasteiger partial charge in [-0.15, -0.1) is 0 Å². The molecule has 2 aromatic carbocycles. The SMILES string of the molecule is COc1ccc(-c2cc(C(=O)Nc3cccc(S(N)(=O)=O)c3)on2)cc1. The van der Waals surface area contributed by atoms with E-state index in [9.17, 15) is 13.2 Å². The van der Waals surface area contributed by atoms with Gasteiger partial charge in [0.25, 0.3) is 5.91 Å². The lowest BCUT2D eigenvalue weighted by molar-refractivity contribution is 0.0988. The van der Waals surface area contributed by atoms with Crippen molar-refractivity contribution in [1.29, 1.82) is 0 Å². The maximum atomic E-state index is 12.3. The lowest BCUT2D eigenvalue weighted by atomic mass is 10.1. The zero-order chi connectivity index (χ0) is 18.7. The number of carbonyl (C=O) groups excluding carboxylic acids is 1. The van der Waals surface area contributed by atoms with Crippen LogP contribution < -0.4 is 15.2 Å². The predicted molar refractivity (Wildman–Crippen MR) is 94.3 cm³/mol. The number of anilines is 1. The highest BCUT2D eigenvalue weighted by molar-refractivity contribution is 7.89. The summed E-state index contributed by atoms with van der Waals surface area (Å²) in [5.41, 5.74) is 1.50. The molecule has 0 atom stereocenters. The van der Waals surface area contributed by atoms with Crippen molar-refractivity contribution in [3.05, 3.63) is 60.4 Å². The minimum atomic E-state index is -3.86. The highest BCUT2D eigenvalue weighted by Crippen LogP contribution is 2.23. The monoisotopic (exact) mass is 373 g/mol. The Bertz CT molecular complexity index is 1040. The van der Waals surface area contributed by atoms with E-state index in [1.54, 1.807) is 31.4 Å². The molecule has 0 aliphatic carbocycles. The van der Waals surface area contributed by atoms with Crippen molar-refractivity contribution in [3.8, 4) is 17.0 Å². The minimum absolute atomic E-state index is 0.0168. The van der Waals surface area contributed by atoms with Gasteiger partial charge in [-0.3, -0.25) is 4.79 Å². The number of hydrogen-bond acceptors (Lipinski definition) is 6. The molecule has 3 aromatic rings. The summed E-state index contributed by atoms with van der Waals surface area (Å²) in [6.07, 6.45) is 0. The van der Waals surface area contributed by atoms with Crippen molar-refractivity contribution in [2.24, 2.45) is 5.14 Å². The number of amides is 1. The summed E-state index contributed by atoms with van der Waals surface area (Å²) in [7, 11) is -2.29. The van der Waals surface area contributed by atoms with E-state index in [1.165, 1.54) is 30.3 Å². The van der Waals surface area contributed by atoms with Gasteiger partial charge in [-0.2, -0.15) is 0 Å². The van der Waals surface area contributed by atoms with Crippen LogP contribution in [0.5, 0.6) is 5.75 Å². The summed E-state index contributed by atoms with van der Waals surface area (Å²) < 4.78 is 32.9. The molecular formula is C17H15N3O5S. The largest absolute Gasteiger partial charge is 0.497 e. The molecule has 0 bridgehead atoms. The first-order valence-electron chi connectivity index (χ1n) is 7.42. The van der Waals surface area contributed by atoms with Gasteiger partial charge in [0, 0.05) is 17.3 Å². The molecule has 0 fully saturated rings. The van der Waals surface area contributed by atoms with Gasteiger partial charge in [0.05, 0.1) is 12.0 Å². The third-order valence-electron chi connectivity index (χ3n) is 3.54. The average molecular weight is 373 g/mol. The number of benzene rings is 2. The third kappa shape index (κ3) is 3.90. The second-order valence-corrected chi connectivity index (χ2v) is 6.89. The maximum Gasteiger partial charge on any atom is 0.294 e. The van der Waals surface area contributed by atoms with Crippen LogP contribution in [0.4, 0.5) is 5.69 Å². The number of primary sulfonamides is 1. The van der Waals surface area contributed by atoms with E-state index >= 15 is 0 Å². The number of ether oxygens (including phenoxy) is 1. The highest BCUT2D eigenvalue weighted by atomic mass is 32.2. The zero-order valence-corrected chi connectivity index (χ0v) is 14.5. The molecule has 1 heterocycles. The van der Waals surface area contributed by atoms with E-state index in [1.807, 2.05) is 0 Å². The molecule has 0 unspecified atom stereocenters. The summed E-state index contributed by atoms with van der Waals surface area (Å²) >= 11 is 0. The number of sulfonamides is 1. The van der Waals surface area contributed by atoms with Gasteiger partial charge in [-0.1, -0.05) is 11.2 Å². The summed E-state index contributed by atoms with van der Waals surface area (Å²) in [5, 5.41) is 11.5. The van der Waals surface area contributed by atoms with Crippen molar-refractivity contribution in [1.82, 2.24) is 5.16 Å². The number of hydrogen-bond donors (Lipinski definition) is 2. The van der Waals surface area contributed by atoms with Crippen LogP contribution in [0.25, 0.3) is 11.3 Å². The molecular weight excluding hydrogens is 358 g/mol.